The molecule has 0 atom stereocenters. The number of nitrogens with one attached hydrogen (secondary N) is 2. The summed E-state index contributed by atoms with van der Waals surface area (Å²) < 4.78 is 29.1. The number of anilines is 2. The van der Waals surface area contributed by atoms with Gasteiger partial charge in [0.05, 0.1) is 18.1 Å². The van der Waals surface area contributed by atoms with Gasteiger partial charge >= 0.3 is 0 Å². The number of hydrogen-bond donors (Lipinski definition) is 2. The first-order valence-corrected chi connectivity index (χ1v) is 7.53. The lowest BCUT2D eigenvalue weighted by atomic mass is 10.5. The molecule has 0 amide bonds. The zero-order chi connectivity index (χ0) is 14.9. The quantitative estimate of drug-likeness (QED) is 0.744. The van der Waals surface area contributed by atoms with Crippen LogP contribution in [-0.2, 0) is 10.0 Å². The number of sulfonamides is 1. The van der Waals surface area contributed by atoms with Crippen LogP contribution in [0.25, 0.3) is 5.65 Å². The number of pyridine rings is 1. The molecular weight excluding hydrogens is 292 g/mol. The summed E-state index contributed by atoms with van der Waals surface area (Å²) >= 11 is 0. The lowest BCUT2D eigenvalue weighted by Crippen LogP contribution is -2.16. The largest absolute Gasteiger partial charge is 0.371 e. The molecule has 0 aliphatic carbocycles. The first kappa shape index (κ1) is 13.3. The van der Waals surface area contributed by atoms with Crippen LogP contribution in [0.1, 0.15) is 0 Å². The summed E-state index contributed by atoms with van der Waals surface area (Å²) in [4.78, 5) is 11.8. The van der Waals surface area contributed by atoms with Crippen LogP contribution in [0.3, 0.4) is 0 Å². The van der Waals surface area contributed by atoms with Crippen molar-refractivity contribution in [3.8, 4) is 0 Å². The molecule has 0 aliphatic rings. The van der Waals surface area contributed by atoms with Crippen LogP contribution in [0.15, 0.2) is 48.1 Å². The number of hydrogen-bond acceptors (Lipinski definition) is 6. The molecule has 0 aromatic carbocycles. The molecule has 0 radical (unpaired) electrons. The molecule has 0 aliphatic heterocycles. The fourth-order valence-electron chi connectivity index (χ4n) is 1.95. The van der Waals surface area contributed by atoms with Gasteiger partial charge in [0.25, 0.3) is 10.0 Å². The molecule has 0 saturated heterocycles. The Morgan fingerprint density at radius 2 is 1.95 bits per heavy atom. The summed E-state index contributed by atoms with van der Waals surface area (Å²) in [5, 5.41) is 2.83. The standard InChI is InChI=1S/C12H12N6O2S/c1-13-11-12(18-5-3-2-4-10(18)16-11)21(19,20)17-9-6-14-8-15-7-9/h2-8,13,17H,1H3. The Hall–Kier alpha value is -2.68. The van der Waals surface area contributed by atoms with Gasteiger partial charge in [-0.15, -0.1) is 0 Å². The second kappa shape index (κ2) is 5.02. The van der Waals surface area contributed by atoms with Crippen LogP contribution < -0.4 is 10.0 Å². The SMILES string of the molecule is CNc1nc2ccccn2c1S(=O)(=O)Nc1cncnc1. The van der Waals surface area contributed by atoms with Gasteiger partial charge in [-0.25, -0.2) is 15.0 Å². The van der Waals surface area contributed by atoms with E-state index in [0.717, 1.165) is 0 Å². The van der Waals surface area contributed by atoms with Gasteiger partial charge in [-0.3, -0.25) is 9.12 Å². The molecule has 21 heavy (non-hydrogen) atoms. The monoisotopic (exact) mass is 304 g/mol. The third-order valence-corrected chi connectivity index (χ3v) is 4.19. The van der Waals surface area contributed by atoms with Crippen LogP contribution in [-0.4, -0.2) is 34.8 Å². The minimum Gasteiger partial charge on any atom is -0.371 e. The molecule has 0 fully saturated rings. The lowest BCUT2D eigenvalue weighted by Gasteiger charge is -2.08. The van der Waals surface area contributed by atoms with Gasteiger partial charge in [-0.05, 0) is 12.1 Å². The molecule has 0 bridgehead atoms. The molecule has 0 saturated carbocycles. The zero-order valence-corrected chi connectivity index (χ0v) is 11.9. The van der Waals surface area contributed by atoms with Crippen LogP contribution in [0.5, 0.6) is 0 Å². The van der Waals surface area contributed by atoms with Crippen molar-refractivity contribution in [2.75, 3.05) is 17.1 Å². The van der Waals surface area contributed by atoms with Crippen molar-refractivity contribution in [3.05, 3.63) is 43.1 Å². The van der Waals surface area contributed by atoms with E-state index in [4.69, 9.17) is 0 Å². The maximum atomic E-state index is 12.6. The van der Waals surface area contributed by atoms with Crippen molar-refractivity contribution in [2.24, 2.45) is 0 Å². The Morgan fingerprint density at radius 3 is 2.67 bits per heavy atom. The molecule has 3 heterocycles. The average Bonchev–Trinajstić information content (AvgIpc) is 2.87. The molecule has 2 N–H and O–H groups in total. The maximum absolute atomic E-state index is 12.6. The van der Waals surface area contributed by atoms with Crippen molar-refractivity contribution in [2.45, 2.75) is 5.03 Å². The fourth-order valence-corrected chi connectivity index (χ4v) is 3.28. The minimum absolute atomic E-state index is 0.0319. The number of aromatic nitrogens is 4. The van der Waals surface area contributed by atoms with Crippen LogP contribution in [0.2, 0.25) is 0 Å². The van der Waals surface area contributed by atoms with Gasteiger partial charge in [-0.1, -0.05) is 6.07 Å². The highest BCUT2D eigenvalue weighted by Crippen LogP contribution is 2.24. The zero-order valence-electron chi connectivity index (χ0n) is 11.1. The number of fused-ring (bicyclic) bond motifs is 1. The second-order valence-corrected chi connectivity index (χ2v) is 5.77. The number of rotatable bonds is 4. The van der Waals surface area contributed by atoms with Gasteiger partial charge in [-0.2, -0.15) is 8.42 Å². The van der Waals surface area contributed by atoms with Gasteiger partial charge in [0.15, 0.2) is 5.82 Å². The van der Waals surface area contributed by atoms with Crippen molar-refractivity contribution in [3.63, 3.8) is 0 Å². The third-order valence-electron chi connectivity index (χ3n) is 2.79. The fraction of sp³-hybridized carbons (Fsp3) is 0.0833. The van der Waals surface area contributed by atoms with Crippen molar-refractivity contribution >= 4 is 27.2 Å². The topological polar surface area (TPSA) is 101 Å². The summed E-state index contributed by atoms with van der Waals surface area (Å²) in [6, 6.07) is 5.25. The van der Waals surface area contributed by atoms with E-state index >= 15 is 0 Å². The molecule has 3 aromatic heterocycles. The molecule has 108 valence electrons. The smallest absolute Gasteiger partial charge is 0.281 e. The van der Waals surface area contributed by atoms with Crippen molar-refractivity contribution < 1.29 is 8.42 Å². The van der Waals surface area contributed by atoms with Gasteiger partial charge in [0.2, 0.25) is 5.03 Å². The van der Waals surface area contributed by atoms with Gasteiger partial charge < -0.3 is 5.32 Å². The average molecular weight is 304 g/mol. The van der Waals surface area contributed by atoms with E-state index in [1.807, 2.05) is 0 Å². The first-order valence-electron chi connectivity index (χ1n) is 6.04. The highest BCUT2D eigenvalue weighted by Gasteiger charge is 2.25. The normalized spacial score (nSPS) is 11.5. The van der Waals surface area contributed by atoms with E-state index in [1.54, 1.807) is 31.4 Å². The third kappa shape index (κ3) is 2.38. The van der Waals surface area contributed by atoms with Crippen LogP contribution in [0.4, 0.5) is 11.5 Å². The van der Waals surface area contributed by atoms with E-state index < -0.39 is 10.0 Å². The van der Waals surface area contributed by atoms with Gasteiger partial charge in [0.1, 0.15) is 12.0 Å². The Bertz CT molecular complexity index is 875. The minimum atomic E-state index is -3.83. The van der Waals surface area contributed by atoms with E-state index in [9.17, 15) is 8.42 Å². The van der Waals surface area contributed by atoms with E-state index in [-0.39, 0.29) is 16.5 Å². The Balaban J connectivity index is 2.14. The molecule has 8 nitrogen and oxygen atoms in total. The lowest BCUT2D eigenvalue weighted by molar-refractivity contribution is 0.597. The van der Waals surface area contributed by atoms with E-state index in [0.29, 0.717) is 5.65 Å². The molecule has 9 heteroatoms. The van der Waals surface area contributed by atoms with E-state index in [2.05, 4.69) is 25.0 Å². The Labute approximate surface area is 120 Å². The summed E-state index contributed by atoms with van der Waals surface area (Å²) in [7, 11) is -2.21. The summed E-state index contributed by atoms with van der Waals surface area (Å²) in [5.41, 5.74) is 0.817. The van der Waals surface area contributed by atoms with E-state index in [1.165, 1.54) is 23.1 Å². The Morgan fingerprint density at radius 1 is 1.19 bits per heavy atom. The number of imidazole rings is 1. The molecule has 3 rings (SSSR count). The molecule has 3 aromatic rings. The summed E-state index contributed by atoms with van der Waals surface area (Å²) in [6.45, 7) is 0. The highest BCUT2D eigenvalue weighted by atomic mass is 32.2. The van der Waals surface area contributed by atoms with Crippen LogP contribution >= 0.6 is 0 Å². The Kier molecular flexibility index (Phi) is 3.18. The first-order chi connectivity index (χ1) is 10.1. The van der Waals surface area contributed by atoms with Crippen molar-refractivity contribution in [1.82, 2.24) is 19.4 Å². The summed E-state index contributed by atoms with van der Waals surface area (Å²) in [6.07, 6.45) is 5.73. The molecular formula is C12H12N6O2S. The molecule has 0 spiro atoms. The van der Waals surface area contributed by atoms with Gasteiger partial charge in [0, 0.05) is 13.2 Å². The van der Waals surface area contributed by atoms with Crippen molar-refractivity contribution in [1.29, 1.82) is 0 Å². The summed E-state index contributed by atoms with van der Waals surface area (Å²) in [5.74, 6) is 0.269. The predicted molar refractivity (Wildman–Crippen MR) is 77.6 cm³/mol. The van der Waals surface area contributed by atoms with Crippen LogP contribution in [0, 0.1) is 0 Å². The maximum Gasteiger partial charge on any atom is 0.281 e. The number of nitrogens with zero attached hydrogens (tertiary/aromatic N) is 4. The predicted octanol–water partition coefficient (Wildman–Crippen LogP) is 0.967. The second-order valence-electron chi connectivity index (χ2n) is 4.18. The molecule has 0 unspecified atom stereocenters. The highest BCUT2D eigenvalue weighted by molar-refractivity contribution is 7.92.